The normalized spacial score (nSPS) is 10.6. The van der Waals surface area contributed by atoms with Gasteiger partial charge >= 0.3 is 0 Å². The van der Waals surface area contributed by atoms with Crippen molar-refractivity contribution in [1.82, 2.24) is 19.5 Å². The van der Waals surface area contributed by atoms with E-state index in [9.17, 15) is 0 Å². The molecule has 47 heavy (non-hydrogen) atoms. The zero-order valence-electron chi connectivity index (χ0n) is 27.6. The second kappa shape index (κ2) is 15.4. The highest BCUT2D eigenvalue weighted by molar-refractivity contribution is 6.09. The van der Waals surface area contributed by atoms with Gasteiger partial charge in [-0.3, -0.25) is 4.98 Å². The number of hydrogen-bond acceptors (Lipinski definition) is 3. The number of allylic oxidation sites excluding steroid dienone is 4. The van der Waals surface area contributed by atoms with Crippen molar-refractivity contribution in [3.63, 3.8) is 0 Å². The Bertz CT molecular complexity index is 2080. The third-order valence-corrected chi connectivity index (χ3v) is 7.63. The maximum Gasteiger partial charge on any atom is 0.160 e. The first-order valence-corrected chi connectivity index (χ1v) is 16.2. The zero-order chi connectivity index (χ0) is 33.2. The molecule has 0 N–H and O–H groups in total. The van der Waals surface area contributed by atoms with Crippen LogP contribution in [0.3, 0.4) is 0 Å². The molecule has 7 rings (SSSR count). The Balaban J connectivity index is 0.00000105. The first kappa shape index (κ1) is 32.5. The summed E-state index contributed by atoms with van der Waals surface area (Å²) in [5, 5.41) is 2.49. The van der Waals surface area contributed by atoms with E-state index < -0.39 is 0 Å². The van der Waals surface area contributed by atoms with Gasteiger partial charge in [0, 0.05) is 40.0 Å². The van der Waals surface area contributed by atoms with E-state index in [-0.39, 0.29) is 0 Å². The SMILES string of the molecule is C=C/C=C\C(=C)c1cc(-c2ccc(-n3c4ccccc4c4ccccc43)cc2)nc(-c2ccc(-c3cccnc3)cc2)n1.CC.CC. The van der Waals surface area contributed by atoms with Crippen molar-refractivity contribution in [3.8, 4) is 39.5 Å². The van der Waals surface area contributed by atoms with Crippen LogP contribution in [0.5, 0.6) is 0 Å². The van der Waals surface area contributed by atoms with Gasteiger partial charge < -0.3 is 4.57 Å². The Morgan fingerprint density at radius 3 is 1.83 bits per heavy atom. The fraction of sp³-hybridized carbons (Fsp3) is 0.0930. The average molecular weight is 613 g/mol. The highest BCUT2D eigenvalue weighted by Crippen LogP contribution is 2.33. The Hall–Kier alpha value is -5.87. The molecule has 0 bridgehead atoms. The fourth-order valence-electron chi connectivity index (χ4n) is 5.49. The number of pyridine rings is 1. The molecular formula is C43H40N4. The highest BCUT2D eigenvalue weighted by atomic mass is 15.0. The van der Waals surface area contributed by atoms with E-state index in [0.29, 0.717) is 5.82 Å². The van der Waals surface area contributed by atoms with E-state index in [1.807, 2.05) is 58.2 Å². The third kappa shape index (κ3) is 6.87. The number of para-hydroxylation sites is 2. The molecule has 4 nitrogen and oxygen atoms in total. The van der Waals surface area contributed by atoms with E-state index >= 15 is 0 Å². The number of nitrogens with zero attached hydrogens (tertiary/aromatic N) is 4. The predicted octanol–water partition coefficient (Wildman–Crippen LogP) is 11.8. The molecule has 0 radical (unpaired) electrons. The second-order valence-electron chi connectivity index (χ2n) is 10.3. The lowest BCUT2D eigenvalue weighted by atomic mass is 10.0. The van der Waals surface area contributed by atoms with Crippen molar-refractivity contribution < 1.29 is 0 Å². The summed E-state index contributed by atoms with van der Waals surface area (Å²) in [6, 6.07) is 39.9. The van der Waals surface area contributed by atoms with Gasteiger partial charge in [-0.05, 0) is 53.1 Å². The molecule has 3 heterocycles. The van der Waals surface area contributed by atoms with Gasteiger partial charge in [0.1, 0.15) is 0 Å². The van der Waals surface area contributed by atoms with Gasteiger partial charge in [0.05, 0.1) is 22.4 Å². The van der Waals surface area contributed by atoms with E-state index in [0.717, 1.165) is 44.9 Å². The smallest absolute Gasteiger partial charge is 0.160 e. The van der Waals surface area contributed by atoms with Gasteiger partial charge in [-0.25, -0.2) is 9.97 Å². The van der Waals surface area contributed by atoms with Gasteiger partial charge in [0.2, 0.25) is 0 Å². The monoisotopic (exact) mass is 612 g/mol. The van der Waals surface area contributed by atoms with Crippen LogP contribution in [0.15, 0.2) is 159 Å². The van der Waals surface area contributed by atoms with Crippen LogP contribution >= 0.6 is 0 Å². The van der Waals surface area contributed by atoms with E-state index in [4.69, 9.17) is 9.97 Å². The number of hydrogen-bond donors (Lipinski definition) is 0. The molecule has 0 saturated carbocycles. The Labute approximate surface area is 278 Å². The van der Waals surface area contributed by atoms with Crippen molar-refractivity contribution in [2.24, 2.45) is 0 Å². The predicted molar refractivity (Wildman–Crippen MR) is 202 cm³/mol. The summed E-state index contributed by atoms with van der Waals surface area (Å²) in [6.45, 7) is 16.0. The van der Waals surface area contributed by atoms with Gasteiger partial charge in [-0.15, -0.1) is 0 Å². The Kier molecular flexibility index (Phi) is 10.7. The molecule has 0 aliphatic carbocycles. The number of aromatic nitrogens is 4. The van der Waals surface area contributed by atoms with E-state index in [1.165, 1.54) is 21.8 Å². The van der Waals surface area contributed by atoms with Crippen LogP contribution in [0.1, 0.15) is 33.4 Å². The van der Waals surface area contributed by atoms with E-state index in [2.05, 4.69) is 126 Å². The molecule has 3 aromatic heterocycles. The molecule has 0 atom stereocenters. The van der Waals surface area contributed by atoms with Crippen molar-refractivity contribution in [1.29, 1.82) is 0 Å². The maximum atomic E-state index is 5.02. The standard InChI is InChI=1S/C39H28N4.2C2H6/c1-3-4-10-27(2)35-25-36(42-39(41-35)30-18-16-28(17-19-30)31-11-9-24-40-26-31)29-20-22-32(23-21-29)43-37-14-7-5-12-33(37)34-13-6-8-15-38(34)43;2*1-2/h3-26H,1-2H2;2*1-2H3/b10-4-;;. The molecule has 0 aliphatic heterocycles. The molecular weight excluding hydrogens is 573 g/mol. The van der Waals surface area contributed by atoms with Crippen LogP contribution in [0, 0.1) is 0 Å². The number of benzene rings is 4. The Morgan fingerprint density at radius 1 is 0.638 bits per heavy atom. The van der Waals surface area contributed by atoms with Crippen LogP contribution in [0.4, 0.5) is 0 Å². The fourth-order valence-corrected chi connectivity index (χ4v) is 5.49. The lowest BCUT2D eigenvalue weighted by Crippen LogP contribution is -1.98. The largest absolute Gasteiger partial charge is 0.309 e. The lowest BCUT2D eigenvalue weighted by Gasteiger charge is -2.11. The van der Waals surface area contributed by atoms with Gasteiger partial charge in [0.15, 0.2) is 5.82 Å². The quantitative estimate of drug-likeness (QED) is 0.168. The molecule has 7 aromatic rings. The molecule has 4 heteroatoms. The van der Waals surface area contributed by atoms with Crippen molar-refractivity contribution >= 4 is 27.4 Å². The van der Waals surface area contributed by atoms with Crippen molar-refractivity contribution in [3.05, 3.63) is 165 Å². The van der Waals surface area contributed by atoms with Crippen molar-refractivity contribution in [2.75, 3.05) is 0 Å². The van der Waals surface area contributed by atoms with Gasteiger partial charge in [-0.2, -0.15) is 0 Å². The molecule has 232 valence electrons. The summed E-state index contributed by atoms with van der Waals surface area (Å²) in [4.78, 5) is 14.2. The minimum absolute atomic E-state index is 0.643. The first-order valence-electron chi connectivity index (χ1n) is 16.2. The minimum Gasteiger partial charge on any atom is -0.309 e. The molecule has 0 saturated heterocycles. The van der Waals surface area contributed by atoms with Crippen LogP contribution < -0.4 is 0 Å². The maximum absolute atomic E-state index is 5.02. The average Bonchev–Trinajstić information content (AvgIpc) is 3.50. The summed E-state index contributed by atoms with van der Waals surface area (Å²) in [6.07, 6.45) is 9.16. The first-order chi connectivity index (χ1) is 23.2. The van der Waals surface area contributed by atoms with Crippen LogP contribution in [-0.2, 0) is 0 Å². The Morgan fingerprint density at radius 2 is 1.23 bits per heavy atom. The summed E-state index contributed by atoms with van der Waals surface area (Å²) in [7, 11) is 0. The summed E-state index contributed by atoms with van der Waals surface area (Å²) < 4.78 is 2.32. The molecule has 0 aliphatic rings. The molecule has 4 aromatic carbocycles. The van der Waals surface area contributed by atoms with Crippen molar-refractivity contribution in [2.45, 2.75) is 27.7 Å². The number of rotatable bonds is 7. The van der Waals surface area contributed by atoms with Crippen LogP contribution in [-0.4, -0.2) is 19.5 Å². The number of fused-ring (bicyclic) bond motifs is 3. The molecule has 0 unspecified atom stereocenters. The third-order valence-electron chi connectivity index (χ3n) is 7.63. The van der Waals surface area contributed by atoms with Crippen LogP contribution in [0.2, 0.25) is 0 Å². The molecule has 0 fully saturated rings. The molecule has 0 spiro atoms. The van der Waals surface area contributed by atoms with Gasteiger partial charge in [0.25, 0.3) is 0 Å². The lowest BCUT2D eigenvalue weighted by molar-refractivity contribution is 1.15. The minimum atomic E-state index is 0.643. The highest BCUT2D eigenvalue weighted by Gasteiger charge is 2.14. The topological polar surface area (TPSA) is 43.6 Å². The van der Waals surface area contributed by atoms with Gasteiger partial charge in [-0.1, -0.05) is 138 Å². The summed E-state index contributed by atoms with van der Waals surface area (Å²) >= 11 is 0. The van der Waals surface area contributed by atoms with E-state index in [1.54, 1.807) is 12.3 Å². The summed E-state index contributed by atoms with van der Waals surface area (Å²) in [5.74, 6) is 0.643. The van der Waals surface area contributed by atoms with Crippen LogP contribution in [0.25, 0.3) is 66.8 Å². The summed E-state index contributed by atoms with van der Waals surface area (Å²) in [5.41, 5.74) is 9.94. The second-order valence-corrected chi connectivity index (χ2v) is 10.3. The molecule has 0 amide bonds. The zero-order valence-corrected chi connectivity index (χ0v) is 27.6.